The molecule has 0 unspecified atom stereocenters. The van der Waals surface area contributed by atoms with E-state index < -0.39 is 17.6 Å². The molecule has 0 saturated heterocycles. The molecule has 0 radical (unpaired) electrons. The lowest BCUT2D eigenvalue weighted by atomic mass is 9.93. The summed E-state index contributed by atoms with van der Waals surface area (Å²) >= 11 is 3.06. The number of benzene rings is 2. The van der Waals surface area contributed by atoms with E-state index in [2.05, 4.69) is 15.9 Å². The summed E-state index contributed by atoms with van der Waals surface area (Å²) in [4.78, 5) is 23.0. The zero-order valence-electron chi connectivity index (χ0n) is 10.2. The maximum Gasteiger partial charge on any atom is 0.249 e. The van der Waals surface area contributed by atoms with Gasteiger partial charge in [0, 0.05) is 22.3 Å². The van der Waals surface area contributed by atoms with Crippen molar-refractivity contribution >= 4 is 27.7 Å². The van der Waals surface area contributed by atoms with Crippen LogP contribution < -0.4 is 11.5 Å². The van der Waals surface area contributed by atoms with Crippen molar-refractivity contribution in [1.29, 1.82) is 0 Å². The molecule has 0 fully saturated rings. The minimum Gasteiger partial charge on any atom is -0.366 e. The SMILES string of the molecule is NC(=O)c1cccc(C(N)=O)c1-c1cccc(Br)c1F. The maximum atomic E-state index is 14.2. The Balaban J connectivity index is 2.87. The van der Waals surface area contributed by atoms with Gasteiger partial charge in [-0.1, -0.05) is 18.2 Å². The first-order valence-corrected chi connectivity index (χ1v) is 6.39. The van der Waals surface area contributed by atoms with Gasteiger partial charge < -0.3 is 11.5 Å². The minimum absolute atomic E-state index is 0.0401. The molecule has 6 heteroatoms. The van der Waals surface area contributed by atoms with E-state index in [0.29, 0.717) is 0 Å². The van der Waals surface area contributed by atoms with Crippen molar-refractivity contribution in [3.05, 3.63) is 57.8 Å². The average molecular weight is 337 g/mol. The van der Waals surface area contributed by atoms with Gasteiger partial charge in [-0.25, -0.2) is 4.39 Å². The first kappa shape index (κ1) is 14.2. The fraction of sp³-hybridized carbons (Fsp3) is 0. The Morgan fingerprint density at radius 1 is 0.950 bits per heavy atom. The molecule has 20 heavy (non-hydrogen) atoms. The number of halogens is 2. The van der Waals surface area contributed by atoms with E-state index in [9.17, 15) is 14.0 Å². The monoisotopic (exact) mass is 336 g/mol. The quantitative estimate of drug-likeness (QED) is 0.901. The number of nitrogens with two attached hydrogens (primary N) is 2. The zero-order valence-corrected chi connectivity index (χ0v) is 11.8. The van der Waals surface area contributed by atoms with Crippen LogP contribution >= 0.6 is 15.9 Å². The van der Waals surface area contributed by atoms with Crippen molar-refractivity contribution in [3.8, 4) is 11.1 Å². The molecule has 0 saturated carbocycles. The van der Waals surface area contributed by atoms with Crippen LogP contribution in [0.25, 0.3) is 11.1 Å². The largest absolute Gasteiger partial charge is 0.366 e. The fourth-order valence-corrected chi connectivity index (χ4v) is 2.32. The van der Waals surface area contributed by atoms with E-state index in [-0.39, 0.29) is 26.7 Å². The zero-order chi connectivity index (χ0) is 14.9. The molecule has 2 aromatic carbocycles. The molecule has 0 heterocycles. The van der Waals surface area contributed by atoms with E-state index in [1.807, 2.05) is 0 Å². The van der Waals surface area contributed by atoms with Gasteiger partial charge in [0.25, 0.3) is 0 Å². The smallest absolute Gasteiger partial charge is 0.249 e. The molecule has 0 aliphatic carbocycles. The number of carbonyl (C=O) groups is 2. The van der Waals surface area contributed by atoms with E-state index in [4.69, 9.17) is 11.5 Å². The third-order valence-electron chi connectivity index (χ3n) is 2.82. The molecular formula is C14H10BrFN2O2. The highest BCUT2D eigenvalue weighted by Crippen LogP contribution is 2.32. The van der Waals surface area contributed by atoms with Gasteiger partial charge in [0.05, 0.1) is 4.47 Å². The van der Waals surface area contributed by atoms with Crippen LogP contribution in [0.2, 0.25) is 0 Å². The third-order valence-corrected chi connectivity index (χ3v) is 3.43. The Morgan fingerprint density at radius 3 is 1.95 bits per heavy atom. The van der Waals surface area contributed by atoms with Crippen molar-refractivity contribution in [2.45, 2.75) is 0 Å². The Kier molecular flexibility index (Phi) is 3.85. The van der Waals surface area contributed by atoms with Crippen molar-refractivity contribution < 1.29 is 14.0 Å². The lowest BCUT2D eigenvalue weighted by molar-refractivity contribution is 0.0999. The number of carbonyl (C=O) groups excluding carboxylic acids is 2. The van der Waals surface area contributed by atoms with Crippen LogP contribution in [-0.4, -0.2) is 11.8 Å². The molecule has 2 aromatic rings. The average Bonchev–Trinajstić information content (AvgIpc) is 2.41. The van der Waals surface area contributed by atoms with Crippen molar-refractivity contribution in [3.63, 3.8) is 0 Å². The molecule has 4 nitrogen and oxygen atoms in total. The summed E-state index contributed by atoms with van der Waals surface area (Å²) in [5, 5.41) is 0. The molecule has 0 aromatic heterocycles. The second kappa shape index (κ2) is 5.42. The van der Waals surface area contributed by atoms with Gasteiger partial charge >= 0.3 is 0 Å². The van der Waals surface area contributed by atoms with Crippen LogP contribution in [0.3, 0.4) is 0 Å². The van der Waals surface area contributed by atoms with E-state index in [1.54, 1.807) is 6.07 Å². The predicted molar refractivity (Wildman–Crippen MR) is 76.6 cm³/mol. The van der Waals surface area contributed by atoms with Gasteiger partial charge in [-0.3, -0.25) is 9.59 Å². The molecule has 0 aliphatic rings. The second-order valence-electron chi connectivity index (χ2n) is 4.06. The normalized spacial score (nSPS) is 10.3. The molecule has 0 aliphatic heterocycles. The fourth-order valence-electron chi connectivity index (χ4n) is 1.95. The van der Waals surface area contributed by atoms with Crippen molar-refractivity contribution in [2.24, 2.45) is 11.5 Å². The Morgan fingerprint density at radius 2 is 1.45 bits per heavy atom. The van der Waals surface area contributed by atoms with Gasteiger partial charge in [0.15, 0.2) is 0 Å². The van der Waals surface area contributed by atoms with E-state index >= 15 is 0 Å². The van der Waals surface area contributed by atoms with E-state index in [0.717, 1.165) is 0 Å². The Labute approximate surface area is 122 Å². The topological polar surface area (TPSA) is 86.2 Å². The van der Waals surface area contributed by atoms with Crippen LogP contribution in [0.4, 0.5) is 4.39 Å². The van der Waals surface area contributed by atoms with Crippen molar-refractivity contribution in [1.82, 2.24) is 0 Å². The van der Waals surface area contributed by atoms with Crippen LogP contribution in [0.5, 0.6) is 0 Å². The summed E-state index contributed by atoms with van der Waals surface area (Å²) < 4.78 is 14.4. The highest BCUT2D eigenvalue weighted by Gasteiger charge is 2.20. The highest BCUT2D eigenvalue weighted by atomic mass is 79.9. The minimum atomic E-state index is -0.762. The van der Waals surface area contributed by atoms with Crippen LogP contribution in [0, 0.1) is 5.82 Å². The second-order valence-corrected chi connectivity index (χ2v) is 4.91. The number of hydrogen-bond donors (Lipinski definition) is 2. The van der Waals surface area contributed by atoms with Crippen LogP contribution in [0.15, 0.2) is 40.9 Å². The van der Waals surface area contributed by atoms with Crippen LogP contribution in [0.1, 0.15) is 20.7 Å². The summed E-state index contributed by atoms with van der Waals surface area (Å²) in [6.07, 6.45) is 0. The lowest BCUT2D eigenvalue weighted by Crippen LogP contribution is -2.18. The highest BCUT2D eigenvalue weighted by molar-refractivity contribution is 9.10. The van der Waals surface area contributed by atoms with Gasteiger partial charge in [0.2, 0.25) is 11.8 Å². The summed E-state index contributed by atoms with van der Waals surface area (Å²) in [5.41, 5.74) is 10.8. The Bertz CT molecular complexity index is 684. The molecule has 0 bridgehead atoms. The molecular weight excluding hydrogens is 327 g/mol. The van der Waals surface area contributed by atoms with Crippen LogP contribution in [-0.2, 0) is 0 Å². The first-order chi connectivity index (χ1) is 9.43. The number of primary amides is 2. The lowest BCUT2D eigenvalue weighted by Gasteiger charge is -2.12. The molecule has 102 valence electrons. The van der Waals surface area contributed by atoms with E-state index in [1.165, 1.54) is 30.3 Å². The molecule has 0 spiro atoms. The predicted octanol–water partition coefficient (Wildman–Crippen LogP) is 2.45. The Hall–Kier alpha value is -2.21. The first-order valence-electron chi connectivity index (χ1n) is 5.60. The van der Waals surface area contributed by atoms with Crippen molar-refractivity contribution in [2.75, 3.05) is 0 Å². The third kappa shape index (κ3) is 2.42. The standard InChI is InChI=1S/C14H10BrFN2O2/c15-10-6-2-3-7(12(10)16)11-8(13(17)19)4-1-5-9(11)14(18)20/h1-6H,(H2,17,19)(H2,18,20). The number of hydrogen-bond acceptors (Lipinski definition) is 2. The molecule has 2 rings (SSSR count). The molecule has 2 amide bonds. The van der Waals surface area contributed by atoms with Gasteiger partial charge in [-0.05, 0) is 34.1 Å². The number of rotatable bonds is 3. The summed E-state index contributed by atoms with van der Waals surface area (Å²) in [5.74, 6) is -2.12. The maximum absolute atomic E-state index is 14.2. The summed E-state index contributed by atoms with van der Waals surface area (Å²) in [6.45, 7) is 0. The molecule has 4 N–H and O–H groups in total. The summed E-state index contributed by atoms with van der Waals surface area (Å²) in [7, 11) is 0. The van der Waals surface area contributed by atoms with Gasteiger partial charge in [0.1, 0.15) is 5.82 Å². The molecule has 0 atom stereocenters. The van der Waals surface area contributed by atoms with Gasteiger partial charge in [-0.15, -0.1) is 0 Å². The number of amides is 2. The summed E-state index contributed by atoms with van der Waals surface area (Å²) in [6, 6.07) is 8.86. The van der Waals surface area contributed by atoms with Gasteiger partial charge in [-0.2, -0.15) is 0 Å².